The van der Waals surface area contributed by atoms with Crippen LogP contribution in [0, 0.1) is 4.77 Å². The van der Waals surface area contributed by atoms with E-state index in [1.54, 1.807) is 55.6 Å². The van der Waals surface area contributed by atoms with Gasteiger partial charge < -0.3 is 19.8 Å². The number of rotatable bonds is 6. The van der Waals surface area contributed by atoms with Crippen molar-refractivity contribution in [3.05, 3.63) is 91.9 Å². The summed E-state index contributed by atoms with van der Waals surface area (Å²) in [6.45, 7) is 0.350. The Labute approximate surface area is 199 Å². The van der Waals surface area contributed by atoms with Gasteiger partial charge in [0.05, 0.1) is 30.8 Å². The number of carbonyl (C=O) groups is 1. The van der Waals surface area contributed by atoms with Gasteiger partial charge >= 0.3 is 0 Å². The average Bonchev–Trinajstić information content (AvgIpc) is 2.83. The number of aromatic amines is 1. The first-order valence-corrected chi connectivity index (χ1v) is 10.7. The molecule has 0 radical (unpaired) electrons. The fourth-order valence-corrected chi connectivity index (χ4v) is 3.85. The predicted octanol–water partition coefficient (Wildman–Crippen LogP) is 4.65. The molecular formula is C24H20ClN3O4S. The van der Waals surface area contributed by atoms with Crippen molar-refractivity contribution < 1.29 is 14.3 Å². The van der Waals surface area contributed by atoms with Crippen LogP contribution in [0.4, 0.5) is 0 Å². The molecule has 0 aliphatic rings. The highest BCUT2D eigenvalue weighted by Gasteiger charge is 2.15. The van der Waals surface area contributed by atoms with E-state index in [2.05, 4.69) is 10.3 Å². The number of hydrogen-bond acceptors (Lipinski definition) is 5. The molecule has 0 aliphatic heterocycles. The molecule has 0 bridgehead atoms. The molecule has 0 atom stereocenters. The average molecular weight is 482 g/mol. The van der Waals surface area contributed by atoms with E-state index in [4.69, 9.17) is 33.3 Å². The maximum absolute atomic E-state index is 13.3. The number of halogens is 1. The highest BCUT2D eigenvalue weighted by Crippen LogP contribution is 2.27. The Morgan fingerprint density at radius 2 is 1.82 bits per heavy atom. The molecule has 2 N–H and O–H groups in total. The van der Waals surface area contributed by atoms with E-state index < -0.39 is 0 Å². The third-order valence-electron chi connectivity index (χ3n) is 5.15. The van der Waals surface area contributed by atoms with Crippen LogP contribution in [0.25, 0.3) is 16.6 Å². The van der Waals surface area contributed by atoms with Crippen molar-refractivity contribution in [2.45, 2.75) is 6.54 Å². The van der Waals surface area contributed by atoms with E-state index in [1.807, 2.05) is 12.1 Å². The first-order chi connectivity index (χ1) is 15.9. The maximum Gasteiger partial charge on any atom is 0.266 e. The highest BCUT2D eigenvalue weighted by atomic mass is 35.5. The van der Waals surface area contributed by atoms with Crippen molar-refractivity contribution in [1.82, 2.24) is 14.9 Å². The molecule has 0 spiro atoms. The number of fused-ring (bicyclic) bond motifs is 1. The first kappa shape index (κ1) is 22.6. The minimum absolute atomic E-state index is 0.176. The molecule has 0 fully saturated rings. The van der Waals surface area contributed by atoms with E-state index in [1.165, 1.54) is 11.7 Å². The van der Waals surface area contributed by atoms with E-state index in [0.717, 1.165) is 5.56 Å². The lowest BCUT2D eigenvalue weighted by Gasteiger charge is -2.13. The van der Waals surface area contributed by atoms with Crippen molar-refractivity contribution >= 4 is 40.6 Å². The van der Waals surface area contributed by atoms with Gasteiger partial charge in [0, 0.05) is 23.2 Å². The second-order valence-corrected chi connectivity index (χ2v) is 8.00. The number of carbonyl (C=O) groups excluding carboxylic acids is 1. The number of ether oxygens (including phenoxy) is 2. The van der Waals surface area contributed by atoms with Crippen LogP contribution in [0.2, 0.25) is 5.02 Å². The van der Waals surface area contributed by atoms with Crippen LogP contribution in [-0.4, -0.2) is 29.7 Å². The van der Waals surface area contributed by atoms with Crippen LogP contribution in [0.15, 0.2) is 65.5 Å². The number of methoxy groups -OCH3 is 2. The van der Waals surface area contributed by atoms with Crippen molar-refractivity contribution in [3.63, 3.8) is 0 Å². The molecule has 0 unspecified atom stereocenters. The zero-order chi connectivity index (χ0) is 23.5. The fourth-order valence-electron chi connectivity index (χ4n) is 3.43. The molecule has 4 rings (SSSR count). The smallest absolute Gasteiger partial charge is 0.266 e. The lowest BCUT2D eigenvalue weighted by atomic mass is 10.1. The molecule has 1 aromatic heterocycles. The number of hydrogen-bond donors (Lipinski definition) is 2. The molecule has 7 nitrogen and oxygen atoms in total. The molecule has 33 heavy (non-hydrogen) atoms. The number of nitrogens with one attached hydrogen (secondary N) is 2. The second kappa shape index (κ2) is 9.48. The van der Waals surface area contributed by atoms with Crippen LogP contribution in [0.3, 0.4) is 0 Å². The largest absolute Gasteiger partial charge is 0.497 e. The molecule has 1 amide bonds. The van der Waals surface area contributed by atoms with Gasteiger partial charge in [-0.05, 0) is 60.2 Å². The Morgan fingerprint density at radius 1 is 1.06 bits per heavy atom. The van der Waals surface area contributed by atoms with Gasteiger partial charge in [-0.3, -0.25) is 9.59 Å². The molecule has 9 heteroatoms. The number of aromatic nitrogens is 2. The third-order valence-corrected chi connectivity index (χ3v) is 5.69. The zero-order valence-corrected chi connectivity index (χ0v) is 19.4. The van der Waals surface area contributed by atoms with Crippen molar-refractivity contribution in [1.29, 1.82) is 0 Å². The van der Waals surface area contributed by atoms with Gasteiger partial charge in [0.1, 0.15) is 11.5 Å². The van der Waals surface area contributed by atoms with Crippen molar-refractivity contribution in [2.75, 3.05) is 14.2 Å². The summed E-state index contributed by atoms with van der Waals surface area (Å²) < 4.78 is 12.2. The van der Waals surface area contributed by atoms with Crippen LogP contribution in [-0.2, 0) is 6.54 Å². The predicted molar refractivity (Wildman–Crippen MR) is 130 cm³/mol. The summed E-state index contributed by atoms with van der Waals surface area (Å²) in [5, 5.41) is 3.88. The number of amides is 1. The van der Waals surface area contributed by atoms with Gasteiger partial charge in [-0.25, -0.2) is 4.57 Å². The molecule has 1 heterocycles. The van der Waals surface area contributed by atoms with Gasteiger partial charge in [-0.1, -0.05) is 23.7 Å². The molecular weight excluding hydrogens is 462 g/mol. The van der Waals surface area contributed by atoms with Gasteiger partial charge in [-0.2, -0.15) is 0 Å². The summed E-state index contributed by atoms with van der Waals surface area (Å²) in [7, 11) is 3.05. The van der Waals surface area contributed by atoms with Crippen LogP contribution >= 0.6 is 23.8 Å². The van der Waals surface area contributed by atoms with Crippen LogP contribution in [0.1, 0.15) is 15.9 Å². The van der Waals surface area contributed by atoms with E-state index >= 15 is 0 Å². The summed E-state index contributed by atoms with van der Waals surface area (Å²) in [5.74, 6) is 0.759. The SMILES string of the molecule is COc1ccc(-n2c(=S)[nH]c3cc(C(=O)NCc4ccc(Cl)cc4)ccc3c2=O)c(OC)c1. The zero-order valence-electron chi connectivity index (χ0n) is 17.8. The number of benzene rings is 3. The van der Waals surface area contributed by atoms with Gasteiger partial charge in [-0.15, -0.1) is 0 Å². The lowest BCUT2D eigenvalue weighted by molar-refractivity contribution is 0.0951. The maximum atomic E-state index is 13.3. The molecule has 0 aliphatic carbocycles. The van der Waals surface area contributed by atoms with E-state index in [0.29, 0.717) is 45.2 Å². The summed E-state index contributed by atoms with van der Waals surface area (Å²) in [4.78, 5) is 29.0. The van der Waals surface area contributed by atoms with Crippen LogP contribution in [0.5, 0.6) is 11.5 Å². The standard InChI is InChI=1S/C24H20ClN3O4S/c1-31-17-8-10-20(21(12-17)32-2)28-23(30)18-9-5-15(11-19(18)27-24(28)33)22(29)26-13-14-3-6-16(25)7-4-14/h3-12H,13H2,1-2H3,(H,26,29)(H,27,33). The lowest BCUT2D eigenvalue weighted by Crippen LogP contribution is -2.24. The second-order valence-electron chi connectivity index (χ2n) is 7.18. The van der Waals surface area contributed by atoms with E-state index in [9.17, 15) is 9.59 Å². The first-order valence-electron chi connectivity index (χ1n) is 9.95. The topological polar surface area (TPSA) is 85.4 Å². The minimum atomic E-state index is -0.328. The van der Waals surface area contributed by atoms with Gasteiger partial charge in [0.15, 0.2) is 4.77 Å². The summed E-state index contributed by atoms with van der Waals surface area (Å²) in [6.07, 6.45) is 0. The Bertz CT molecular complexity index is 1460. The molecule has 3 aromatic carbocycles. The Kier molecular flexibility index (Phi) is 6.48. The van der Waals surface area contributed by atoms with Crippen molar-refractivity contribution in [3.8, 4) is 17.2 Å². The van der Waals surface area contributed by atoms with Gasteiger partial charge in [0.2, 0.25) is 0 Å². The van der Waals surface area contributed by atoms with Crippen molar-refractivity contribution in [2.24, 2.45) is 0 Å². The Morgan fingerprint density at radius 3 is 2.52 bits per heavy atom. The Hall–Kier alpha value is -3.62. The molecule has 4 aromatic rings. The Balaban J connectivity index is 1.68. The summed E-state index contributed by atoms with van der Waals surface area (Å²) >= 11 is 11.4. The fraction of sp³-hybridized carbons (Fsp3) is 0.125. The monoisotopic (exact) mass is 481 g/mol. The minimum Gasteiger partial charge on any atom is -0.497 e. The quantitative estimate of drug-likeness (QED) is 0.391. The highest BCUT2D eigenvalue weighted by molar-refractivity contribution is 7.71. The molecule has 0 saturated heterocycles. The number of H-pyrrole nitrogens is 1. The summed E-state index contributed by atoms with van der Waals surface area (Å²) in [5.41, 5.74) is 1.94. The normalized spacial score (nSPS) is 10.8. The third kappa shape index (κ3) is 4.62. The van der Waals surface area contributed by atoms with E-state index in [-0.39, 0.29) is 16.2 Å². The van der Waals surface area contributed by atoms with Gasteiger partial charge in [0.25, 0.3) is 11.5 Å². The number of nitrogens with zero attached hydrogens (tertiary/aromatic N) is 1. The summed E-state index contributed by atoms with van der Waals surface area (Å²) in [6, 6.07) is 17.1. The molecule has 0 saturated carbocycles. The van der Waals surface area contributed by atoms with Crippen LogP contribution < -0.4 is 20.3 Å². The molecule has 168 valence electrons.